The molecule has 0 spiro atoms. The number of benzene rings is 1. The molecular formula is C12H15BrClNO3S. The van der Waals surface area contributed by atoms with Crippen LogP contribution in [0.25, 0.3) is 0 Å². The van der Waals surface area contributed by atoms with Crippen molar-refractivity contribution in [2.24, 2.45) is 0 Å². The summed E-state index contributed by atoms with van der Waals surface area (Å²) in [4.78, 5) is 0.254. The second kappa shape index (κ2) is 6.10. The summed E-state index contributed by atoms with van der Waals surface area (Å²) in [6.07, 6.45) is 0.730. The van der Waals surface area contributed by atoms with Crippen molar-refractivity contribution in [1.82, 2.24) is 4.31 Å². The van der Waals surface area contributed by atoms with E-state index in [4.69, 9.17) is 16.3 Å². The standard InChI is InChI=1S/C12H15BrClNO3S/c1-2-9-8-18-6-5-15(9)19(16,17)10-3-4-12(14)11(13)7-10/h3-4,7,9H,2,5-6,8H2,1H3. The maximum atomic E-state index is 12.6. The van der Waals surface area contributed by atoms with Crippen molar-refractivity contribution in [2.45, 2.75) is 24.3 Å². The Morgan fingerprint density at radius 1 is 1.53 bits per heavy atom. The molecule has 0 aromatic heterocycles. The van der Waals surface area contributed by atoms with Crippen molar-refractivity contribution in [2.75, 3.05) is 19.8 Å². The summed E-state index contributed by atoms with van der Waals surface area (Å²) in [6.45, 7) is 3.23. The molecular weight excluding hydrogens is 354 g/mol. The number of nitrogens with zero attached hydrogens (tertiary/aromatic N) is 1. The third-order valence-corrected chi connectivity index (χ3v) is 6.30. The van der Waals surface area contributed by atoms with Gasteiger partial charge in [0.05, 0.1) is 23.1 Å². The summed E-state index contributed by atoms with van der Waals surface area (Å²) in [7, 11) is -3.50. The van der Waals surface area contributed by atoms with E-state index in [0.717, 1.165) is 6.42 Å². The molecule has 1 saturated heterocycles. The maximum Gasteiger partial charge on any atom is 0.243 e. The average molecular weight is 369 g/mol. The van der Waals surface area contributed by atoms with Gasteiger partial charge in [0.1, 0.15) is 0 Å². The Balaban J connectivity index is 2.37. The summed E-state index contributed by atoms with van der Waals surface area (Å²) in [5.74, 6) is 0. The first kappa shape index (κ1) is 15.3. The molecule has 0 radical (unpaired) electrons. The zero-order valence-electron chi connectivity index (χ0n) is 10.5. The Morgan fingerprint density at radius 3 is 2.89 bits per heavy atom. The van der Waals surface area contributed by atoms with Gasteiger partial charge in [-0.05, 0) is 40.5 Å². The highest BCUT2D eigenvalue weighted by Gasteiger charge is 2.33. The molecule has 0 saturated carbocycles. The van der Waals surface area contributed by atoms with Crippen molar-refractivity contribution in [3.05, 3.63) is 27.7 Å². The topological polar surface area (TPSA) is 46.6 Å². The van der Waals surface area contributed by atoms with E-state index in [9.17, 15) is 8.42 Å². The van der Waals surface area contributed by atoms with Crippen LogP contribution in [-0.4, -0.2) is 38.5 Å². The van der Waals surface area contributed by atoms with Crippen molar-refractivity contribution in [1.29, 1.82) is 0 Å². The molecule has 106 valence electrons. The first-order chi connectivity index (χ1) is 8.96. The second-order valence-corrected chi connectivity index (χ2v) is 7.48. The number of hydrogen-bond donors (Lipinski definition) is 0. The SMILES string of the molecule is CCC1COCCN1S(=O)(=O)c1ccc(Cl)c(Br)c1. The molecule has 1 aliphatic rings. The van der Waals surface area contributed by atoms with Gasteiger partial charge in [0, 0.05) is 17.1 Å². The van der Waals surface area contributed by atoms with Crippen LogP contribution in [0.3, 0.4) is 0 Å². The molecule has 0 amide bonds. The predicted molar refractivity (Wildman–Crippen MR) is 77.9 cm³/mol. The summed E-state index contributed by atoms with van der Waals surface area (Å²) in [5, 5.41) is 0.493. The Labute approximate surface area is 126 Å². The predicted octanol–water partition coefficient (Wildman–Crippen LogP) is 2.90. The number of ether oxygens (including phenoxy) is 1. The van der Waals surface area contributed by atoms with Crippen molar-refractivity contribution >= 4 is 37.6 Å². The average Bonchev–Trinajstić information content (AvgIpc) is 2.41. The normalized spacial score (nSPS) is 21.5. The number of sulfonamides is 1. The second-order valence-electron chi connectivity index (χ2n) is 4.33. The van der Waals surface area contributed by atoms with E-state index in [0.29, 0.717) is 29.3 Å². The molecule has 2 rings (SSSR count). The molecule has 1 unspecified atom stereocenters. The van der Waals surface area contributed by atoms with E-state index in [1.54, 1.807) is 12.1 Å². The van der Waals surface area contributed by atoms with Crippen LogP contribution in [0.15, 0.2) is 27.6 Å². The molecule has 19 heavy (non-hydrogen) atoms. The van der Waals surface area contributed by atoms with Crippen LogP contribution in [0, 0.1) is 0 Å². The van der Waals surface area contributed by atoms with Gasteiger partial charge in [0.15, 0.2) is 0 Å². The van der Waals surface area contributed by atoms with Crippen LogP contribution in [0.2, 0.25) is 5.02 Å². The van der Waals surface area contributed by atoms with Crippen molar-refractivity contribution in [3.63, 3.8) is 0 Å². The zero-order valence-corrected chi connectivity index (χ0v) is 13.6. The largest absolute Gasteiger partial charge is 0.378 e. The van der Waals surface area contributed by atoms with E-state index in [1.807, 2.05) is 6.92 Å². The summed E-state index contributed by atoms with van der Waals surface area (Å²) >= 11 is 9.15. The lowest BCUT2D eigenvalue weighted by atomic mass is 10.2. The molecule has 4 nitrogen and oxygen atoms in total. The van der Waals surface area contributed by atoms with Crippen molar-refractivity contribution < 1.29 is 13.2 Å². The third kappa shape index (κ3) is 3.13. The van der Waals surface area contributed by atoms with Gasteiger partial charge in [-0.1, -0.05) is 18.5 Å². The molecule has 1 atom stereocenters. The molecule has 1 aromatic carbocycles. The minimum atomic E-state index is -3.50. The van der Waals surface area contributed by atoms with E-state index in [2.05, 4.69) is 15.9 Å². The first-order valence-electron chi connectivity index (χ1n) is 6.01. The number of halogens is 2. The van der Waals surface area contributed by atoms with E-state index < -0.39 is 10.0 Å². The van der Waals surface area contributed by atoms with Gasteiger partial charge in [-0.15, -0.1) is 0 Å². The van der Waals surface area contributed by atoms with Gasteiger partial charge in [-0.2, -0.15) is 4.31 Å². The van der Waals surface area contributed by atoms with Gasteiger partial charge in [0.2, 0.25) is 10.0 Å². The molecule has 0 bridgehead atoms. The Kier molecular flexibility index (Phi) is 4.89. The van der Waals surface area contributed by atoms with E-state index >= 15 is 0 Å². The summed E-state index contributed by atoms with van der Waals surface area (Å²) in [5.41, 5.74) is 0. The van der Waals surface area contributed by atoms with Gasteiger partial charge >= 0.3 is 0 Å². The summed E-state index contributed by atoms with van der Waals surface area (Å²) < 4.78 is 32.7. The molecule has 1 aliphatic heterocycles. The minimum Gasteiger partial charge on any atom is -0.378 e. The lowest BCUT2D eigenvalue weighted by Crippen LogP contribution is -2.48. The fourth-order valence-corrected chi connectivity index (χ4v) is 4.39. The maximum absolute atomic E-state index is 12.6. The lowest BCUT2D eigenvalue weighted by molar-refractivity contribution is 0.0314. The first-order valence-corrected chi connectivity index (χ1v) is 8.62. The van der Waals surface area contributed by atoms with Crippen LogP contribution in [0.4, 0.5) is 0 Å². The molecule has 0 N–H and O–H groups in total. The summed E-state index contributed by atoms with van der Waals surface area (Å²) in [6, 6.07) is 4.55. The molecule has 1 aromatic rings. The van der Waals surface area contributed by atoms with E-state index in [-0.39, 0.29) is 10.9 Å². The number of hydrogen-bond acceptors (Lipinski definition) is 3. The highest BCUT2D eigenvalue weighted by molar-refractivity contribution is 9.10. The van der Waals surface area contributed by atoms with Gasteiger partial charge in [-0.3, -0.25) is 0 Å². The van der Waals surface area contributed by atoms with E-state index in [1.165, 1.54) is 10.4 Å². The molecule has 0 aliphatic carbocycles. The van der Waals surface area contributed by atoms with Gasteiger partial charge in [0.25, 0.3) is 0 Å². The van der Waals surface area contributed by atoms with Crippen LogP contribution < -0.4 is 0 Å². The van der Waals surface area contributed by atoms with Gasteiger partial charge < -0.3 is 4.74 Å². The Bertz CT molecular complexity index is 564. The highest BCUT2D eigenvalue weighted by atomic mass is 79.9. The molecule has 1 heterocycles. The minimum absolute atomic E-state index is 0.104. The van der Waals surface area contributed by atoms with Crippen LogP contribution in [-0.2, 0) is 14.8 Å². The number of morpholine rings is 1. The lowest BCUT2D eigenvalue weighted by Gasteiger charge is -2.34. The fourth-order valence-electron chi connectivity index (χ4n) is 2.05. The number of rotatable bonds is 3. The monoisotopic (exact) mass is 367 g/mol. The zero-order chi connectivity index (χ0) is 14.0. The smallest absolute Gasteiger partial charge is 0.243 e. The van der Waals surface area contributed by atoms with Gasteiger partial charge in [-0.25, -0.2) is 8.42 Å². The van der Waals surface area contributed by atoms with Crippen LogP contribution >= 0.6 is 27.5 Å². The Morgan fingerprint density at radius 2 is 2.26 bits per heavy atom. The Hall–Kier alpha value is -0.140. The quantitative estimate of drug-likeness (QED) is 0.824. The van der Waals surface area contributed by atoms with Crippen LogP contribution in [0.5, 0.6) is 0 Å². The highest BCUT2D eigenvalue weighted by Crippen LogP contribution is 2.28. The third-order valence-electron chi connectivity index (χ3n) is 3.14. The van der Waals surface area contributed by atoms with Crippen LogP contribution in [0.1, 0.15) is 13.3 Å². The van der Waals surface area contributed by atoms with Crippen molar-refractivity contribution in [3.8, 4) is 0 Å². The fraction of sp³-hybridized carbons (Fsp3) is 0.500. The molecule has 7 heteroatoms. The molecule has 1 fully saturated rings.